The summed E-state index contributed by atoms with van der Waals surface area (Å²) in [4.78, 5) is 12.4. The van der Waals surface area contributed by atoms with Crippen LogP contribution in [-0.4, -0.2) is 12.9 Å². The van der Waals surface area contributed by atoms with Gasteiger partial charge in [-0.15, -0.1) is 0 Å². The van der Waals surface area contributed by atoms with Crippen LogP contribution in [0.2, 0.25) is 0 Å². The summed E-state index contributed by atoms with van der Waals surface area (Å²) in [5.41, 5.74) is 3.05. The van der Waals surface area contributed by atoms with Crippen LogP contribution < -0.4 is 4.74 Å². The number of ether oxygens (including phenoxy) is 1. The lowest BCUT2D eigenvalue weighted by molar-refractivity contribution is 0.103. The van der Waals surface area contributed by atoms with E-state index < -0.39 is 5.82 Å². The fraction of sp³-hybridized carbons (Fsp3) is 0.188. The summed E-state index contributed by atoms with van der Waals surface area (Å²) < 4.78 is 18.2. The predicted octanol–water partition coefficient (Wildman–Crippen LogP) is 3.68. The Morgan fingerprint density at radius 3 is 2.58 bits per heavy atom. The molecule has 0 aliphatic carbocycles. The van der Waals surface area contributed by atoms with Crippen molar-refractivity contribution in [1.29, 1.82) is 0 Å². The van der Waals surface area contributed by atoms with Crippen LogP contribution in [0.25, 0.3) is 0 Å². The third-order valence-corrected chi connectivity index (χ3v) is 3.26. The first-order valence-corrected chi connectivity index (χ1v) is 5.99. The largest absolute Gasteiger partial charge is 0.494 e. The van der Waals surface area contributed by atoms with Crippen LogP contribution in [0.5, 0.6) is 5.75 Å². The first-order valence-electron chi connectivity index (χ1n) is 5.99. The van der Waals surface area contributed by atoms with Crippen molar-refractivity contribution >= 4 is 5.78 Å². The van der Waals surface area contributed by atoms with Crippen molar-refractivity contribution in [1.82, 2.24) is 0 Å². The van der Waals surface area contributed by atoms with Gasteiger partial charge in [0.1, 0.15) is 0 Å². The third kappa shape index (κ3) is 2.50. The lowest BCUT2D eigenvalue weighted by atomic mass is 9.96. The number of carbonyl (C=O) groups excluding carboxylic acids is 1. The summed E-state index contributed by atoms with van der Waals surface area (Å²) in [7, 11) is 1.38. The number of benzene rings is 2. The zero-order chi connectivity index (χ0) is 14.0. The van der Waals surface area contributed by atoms with Crippen LogP contribution in [-0.2, 0) is 0 Å². The zero-order valence-corrected chi connectivity index (χ0v) is 11.2. The Morgan fingerprint density at radius 1 is 1.16 bits per heavy atom. The molecule has 19 heavy (non-hydrogen) atoms. The van der Waals surface area contributed by atoms with Gasteiger partial charge in [0.25, 0.3) is 0 Å². The molecule has 0 fully saturated rings. The molecule has 2 aromatic carbocycles. The monoisotopic (exact) mass is 258 g/mol. The van der Waals surface area contributed by atoms with E-state index in [0.717, 1.165) is 11.1 Å². The van der Waals surface area contributed by atoms with E-state index in [1.165, 1.54) is 25.3 Å². The van der Waals surface area contributed by atoms with E-state index in [2.05, 4.69) is 0 Å². The number of ketones is 1. The van der Waals surface area contributed by atoms with E-state index in [1.807, 2.05) is 26.0 Å². The second kappa shape index (κ2) is 5.22. The number of hydrogen-bond donors (Lipinski definition) is 0. The van der Waals surface area contributed by atoms with Gasteiger partial charge in [0.2, 0.25) is 0 Å². The standard InChI is InChI=1S/C16H15FO2/c1-10-5-4-6-13(11(10)2)16(18)12-7-8-14(17)15(9-12)19-3/h4-9H,1-3H3. The highest BCUT2D eigenvalue weighted by Crippen LogP contribution is 2.22. The van der Waals surface area contributed by atoms with Crippen LogP contribution in [0.1, 0.15) is 27.0 Å². The third-order valence-electron chi connectivity index (χ3n) is 3.26. The molecule has 0 unspecified atom stereocenters. The number of carbonyl (C=O) groups is 1. The second-order valence-electron chi connectivity index (χ2n) is 4.43. The van der Waals surface area contributed by atoms with Gasteiger partial charge in [-0.25, -0.2) is 4.39 Å². The van der Waals surface area contributed by atoms with E-state index in [-0.39, 0.29) is 11.5 Å². The maximum Gasteiger partial charge on any atom is 0.193 e. The van der Waals surface area contributed by atoms with Crippen molar-refractivity contribution in [3.8, 4) is 5.75 Å². The lowest BCUT2D eigenvalue weighted by Crippen LogP contribution is -2.05. The zero-order valence-electron chi connectivity index (χ0n) is 11.2. The Balaban J connectivity index is 2.47. The number of rotatable bonds is 3. The van der Waals surface area contributed by atoms with Crippen molar-refractivity contribution < 1.29 is 13.9 Å². The Bertz CT molecular complexity index is 633. The van der Waals surface area contributed by atoms with Gasteiger partial charge in [0, 0.05) is 11.1 Å². The molecule has 0 saturated heterocycles. The fourth-order valence-corrected chi connectivity index (χ4v) is 1.95. The molecule has 0 aliphatic heterocycles. The molecule has 2 rings (SSSR count). The fourth-order valence-electron chi connectivity index (χ4n) is 1.95. The maximum atomic E-state index is 13.3. The smallest absolute Gasteiger partial charge is 0.193 e. The molecule has 98 valence electrons. The second-order valence-corrected chi connectivity index (χ2v) is 4.43. The Kier molecular flexibility index (Phi) is 3.65. The normalized spacial score (nSPS) is 10.3. The number of aryl methyl sites for hydroxylation is 1. The summed E-state index contributed by atoms with van der Waals surface area (Å²) in [5, 5.41) is 0. The summed E-state index contributed by atoms with van der Waals surface area (Å²) in [6.07, 6.45) is 0. The van der Waals surface area contributed by atoms with E-state index in [9.17, 15) is 9.18 Å². The Hall–Kier alpha value is -2.16. The Labute approximate surface area is 111 Å². The maximum absolute atomic E-state index is 13.3. The first kappa shape index (κ1) is 13.3. The van der Waals surface area contributed by atoms with Gasteiger partial charge in [-0.2, -0.15) is 0 Å². The predicted molar refractivity (Wildman–Crippen MR) is 72.3 cm³/mol. The van der Waals surface area contributed by atoms with Gasteiger partial charge < -0.3 is 4.74 Å². The molecule has 3 heteroatoms. The average Bonchev–Trinajstić information content (AvgIpc) is 2.41. The molecular formula is C16H15FO2. The molecule has 2 aromatic rings. The van der Waals surface area contributed by atoms with Gasteiger partial charge >= 0.3 is 0 Å². The molecule has 2 nitrogen and oxygen atoms in total. The van der Waals surface area contributed by atoms with Gasteiger partial charge in [-0.3, -0.25) is 4.79 Å². The SMILES string of the molecule is COc1cc(C(=O)c2cccc(C)c2C)ccc1F. The number of halogens is 1. The van der Waals surface area contributed by atoms with E-state index in [1.54, 1.807) is 6.07 Å². The van der Waals surface area contributed by atoms with Crippen LogP contribution >= 0.6 is 0 Å². The minimum Gasteiger partial charge on any atom is -0.494 e. The van der Waals surface area contributed by atoms with E-state index in [4.69, 9.17) is 4.74 Å². The molecule has 0 heterocycles. The number of methoxy groups -OCH3 is 1. The van der Waals surface area contributed by atoms with Gasteiger partial charge in [-0.05, 0) is 43.2 Å². The lowest BCUT2D eigenvalue weighted by Gasteiger charge is -2.09. The Morgan fingerprint density at radius 2 is 1.89 bits per heavy atom. The summed E-state index contributed by atoms with van der Waals surface area (Å²) in [6, 6.07) is 9.73. The molecule has 0 aliphatic rings. The van der Waals surface area contributed by atoms with E-state index in [0.29, 0.717) is 11.1 Å². The van der Waals surface area contributed by atoms with E-state index >= 15 is 0 Å². The van der Waals surface area contributed by atoms with Crippen LogP contribution in [0.3, 0.4) is 0 Å². The van der Waals surface area contributed by atoms with Crippen molar-refractivity contribution in [2.45, 2.75) is 13.8 Å². The summed E-state index contributed by atoms with van der Waals surface area (Å²) in [5.74, 6) is -0.518. The van der Waals surface area contributed by atoms with Crippen molar-refractivity contribution in [3.05, 3.63) is 64.5 Å². The van der Waals surface area contributed by atoms with Crippen molar-refractivity contribution in [2.75, 3.05) is 7.11 Å². The minimum absolute atomic E-state index is 0.0798. The molecule has 0 radical (unpaired) electrons. The quantitative estimate of drug-likeness (QED) is 0.785. The van der Waals surface area contributed by atoms with Crippen LogP contribution in [0.4, 0.5) is 4.39 Å². The minimum atomic E-state index is -0.472. The van der Waals surface area contributed by atoms with Crippen molar-refractivity contribution in [2.24, 2.45) is 0 Å². The molecule has 0 saturated carbocycles. The van der Waals surface area contributed by atoms with Crippen LogP contribution in [0.15, 0.2) is 36.4 Å². The molecular weight excluding hydrogens is 243 g/mol. The number of hydrogen-bond acceptors (Lipinski definition) is 2. The molecule has 0 N–H and O–H groups in total. The molecule has 0 bridgehead atoms. The average molecular weight is 258 g/mol. The highest BCUT2D eigenvalue weighted by molar-refractivity contribution is 6.10. The molecule has 0 amide bonds. The first-order chi connectivity index (χ1) is 9.04. The van der Waals surface area contributed by atoms with Crippen molar-refractivity contribution in [3.63, 3.8) is 0 Å². The van der Waals surface area contributed by atoms with Crippen LogP contribution in [0, 0.1) is 19.7 Å². The molecule has 0 aromatic heterocycles. The van der Waals surface area contributed by atoms with Gasteiger partial charge in [0.15, 0.2) is 17.3 Å². The highest BCUT2D eigenvalue weighted by Gasteiger charge is 2.14. The highest BCUT2D eigenvalue weighted by atomic mass is 19.1. The summed E-state index contributed by atoms with van der Waals surface area (Å²) in [6.45, 7) is 3.86. The topological polar surface area (TPSA) is 26.3 Å². The molecule has 0 spiro atoms. The van der Waals surface area contributed by atoms with Gasteiger partial charge in [-0.1, -0.05) is 18.2 Å². The summed E-state index contributed by atoms with van der Waals surface area (Å²) >= 11 is 0. The van der Waals surface area contributed by atoms with Gasteiger partial charge in [0.05, 0.1) is 7.11 Å². The molecule has 0 atom stereocenters.